The zero-order valence-corrected chi connectivity index (χ0v) is 16.8. The fraction of sp³-hybridized carbons (Fsp3) is 0.360. The molecule has 0 aliphatic heterocycles. The van der Waals surface area contributed by atoms with E-state index in [2.05, 4.69) is 6.92 Å². The molecule has 0 aromatic heterocycles. The number of aromatic hydroxyl groups is 1. The first kappa shape index (κ1) is 20.7. The summed E-state index contributed by atoms with van der Waals surface area (Å²) < 4.78 is 58.5. The van der Waals surface area contributed by atoms with Gasteiger partial charge >= 0.3 is 0 Å². The third-order valence-electron chi connectivity index (χ3n) is 6.35. The lowest BCUT2D eigenvalue weighted by Crippen LogP contribution is -2.13. The summed E-state index contributed by atoms with van der Waals surface area (Å²) >= 11 is 0. The SMILES string of the molecule is CCCC1CCC(c2cc(F)c(-c3cc(F)c4c(F)c(O)ccc4c3)c(F)c2)CC1. The molecule has 5 heteroatoms. The summed E-state index contributed by atoms with van der Waals surface area (Å²) in [5, 5.41) is 9.18. The van der Waals surface area contributed by atoms with Crippen molar-refractivity contribution in [1.82, 2.24) is 0 Å². The smallest absolute Gasteiger partial charge is 0.175 e. The molecule has 3 aromatic rings. The maximum Gasteiger partial charge on any atom is 0.175 e. The highest BCUT2D eigenvalue weighted by Gasteiger charge is 2.25. The molecule has 30 heavy (non-hydrogen) atoms. The Bertz CT molecular complexity index is 1060. The van der Waals surface area contributed by atoms with Gasteiger partial charge in [-0.05, 0) is 84.4 Å². The number of halogens is 4. The standard InChI is InChI=1S/C25H24F4O/c1-2-3-14-4-6-15(7-5-14)17-11-19(26)23(20(27)12-17)18-10-16-8-9-22(30)25(29)24(16)21(28)13-18/h8-15,30H,2-7H2,1H3. The van der Waals surface area contributed by atoms with Gasteiger partial charge in [0, 0.05) is 0 Å². The van der Waals surface area contributed by atoms with Crippen molar-refractivity contribution in [2.45, 2.75) is 51.4 Å². The van der Waals surface area contributed by atoms with Crippen LogP contribution in [0, 0.1) is 29.2 Å². The number of fused-ring (bicyclic) bond motifs is 1. The molecule has 1 N–H and O–H groups in total. The van der Waals surface area contributed by atoms with Gasteiger partial charge in [-0.1, -0.05) is 25.8 Å². The molecule has 0 atom stereocenters. The van der Waals surface area contributed by atoms with Crippen LogP contribution in [0.2, 0.25) is 0 Å². The van der Waals surface area contributed by atoms with Crippen molar-refractivity contribution in [3.63, 3.8) is 0 Å². The molecule has 0 saturated heterocycles. The minimum absolute atomic E-state index is 0.00158. The van der Waals surface area contributed by atoms with Gasteiger partial charge in [-0.2, -0.15) is 0 Å². The fourth-order valence-corrected chi connectivity index (χ4v) is 4.80. The molecule has 0 heterocycles. The highest BCUT2D eigenvalue weighted by Crippen LogP contribution is 2.40. The zero-order valence-electron chi connectivity index (χ0n) is 16.8. The molecule has 0 spiro atoms. The molecule has 1 fully saturated rings. The van der Waals surface area contributed by atoms with Gasteiger partial charge in [-0.3, -0.25) is 0 Å². The Labute approximate surface area is 173 Å². The van der Waals surface area contributed by atoms with Crippen LogP contribution < -0.4 is 0 Å². The molecule has 0 bridgehead atoms. The average molecular weight is 416 g/mol. The van der Waals surface area contributed by atoms with Crippen molar-refractivity contribution in [2.24, 2.45) is 5.92 Å². The van der Waals surface area contributed by atoms with Crippen molar-refractivity contribution in [1.29, 1.82) is 0 Å². The molecule has 1 saturated carbocycles. The summed E-state index contributed by atoms with van der Waals surface area (Å²) in [5.74, 6) is -3.43. The molecule has 0 unspecified atom stereocenters. The Hall–Kier alpha value is -2.56. The zero-order chi connectivity index (χ0) is 21.4. The van der Waals surface area contributed by atoms with Gasteiger partial charge in [0.25, 0.3) is 0 Å². The molecule has 158 valence electrons. The molecule has 3 aromatic carbocycles. The highest BCUT2D eigenvalue weighted by atomic mass is 19.1. The lowest BCUT2D eigenvalue weighted by Gasteiger charge is -2.29. The normalized spacial score (nSPS) is 19.4. The van der Waals surface area contributed by atoms with Gasteiger partial charge in [-0.25, -0.2) is 17.6 Å². The Kier molecular flexibility index (Phi) is 5.72. The van der Waals surface area contributed by atoms with E-state index in [4.69, 9.17) is 0 Å². The summed E-state index contributed by atoms with van der Waals surface area (Å²) in [6.45, 7) is 2.17. The van der Waals surface area contributed by atoms with Gasteiger partial charge in [-0.15, -0.1) is 0 Å². The van der Waals surface area contributed by atoms with E-state index in [9.17, 15) is 22.7 Å². The van der Waals surface area contributed by atoms with Gasteiger partial charge < -0.3 is 5.11 Å². The first-order chi connectivity index (χ1) is 14.4. The van der Waals surface area contributed by atoms with E-state index >= 15 is 0 Å². The molecular formula is C25H24F4O. The number of benzene rings is 3. The first-order valence-corrected chi connectivity index (χ1v) is 10.5. The van der Waals surface area contributed by atoms with Crippen molar-refractivity contribution in [3.8, 4) is 16.9 Å². The number of hydrogen-bond donors (Lipinski definition) is 1. The molecule has 1 nitrogen and oxygen atoms in total. The van der Waals surface area contributed by atoms with Crippen molar-refractivity contribution in [3.05, 3.63) is 65.2 Å². The maximum absolute atomic E-state index is 14.9. The van der Waals surface area contributed by atoms with E-state index in [-0.39, 0.29) is 22.4 Å². The number of hydrogen-bond acceptors (Lipinski definition) is 1. The van der Waals surface area contributed by atoms with Gasteiger partial charge in [0.15, 0.2) is 11.6 Å². The summed E-state index contributed by atoms with van der Waals surface area (Å²) in [6.07, 6.45) is 6.31. The van der Waals surface area contributed by atoms with E-state index in [1.165, 1.54) is 30.7 Å². The van der Waals surface area contributed by atoms with Gasteiger partial charge in [0.2, 0.25) is 0 Å². The van der Waals surface area contributed by atoms with Crippen LogP contribution in [0.15, 0.2) is 36.4 Å². The van der Waals surface area contributed by atoms with E-state index in [1.807, 2.05) is 0 Å². The summed E-state index contributed by atoms with van der Waals surface area (Å²) in [4.78, 5) is 0. The van der Waals surface area contributed by atoms with E-state index in [1.54, 1.807) is 0 Å². The third-order valence-corrected chi connectivity index (χ3v) is 6.35. The molecule has 1 aliphatic rings. The number of phenols is 1. The second kappa shape index (κ2) is 8.29. The predicted octanol–water partition coefficient (Wildman–Crippen LogP) is 7.84. The van der Waals surface area contributed by atoms with E-state index < -0.39 is 34.4 Å². The van der Waals surface area contributed by atoms with Crippen LogP contribution in [0.3, 0.4) is 0 Å². The second-order valence-electron chi connectivity index (χ2n) is 8.32. The Morgan fingerprint density at radius 2 is 1.53 bits per heavy atom. The van der Waals surface area contributed by atoms with Crippen molar-refractivity contribution >= 4 is 10.8 Å². The van der Waals surface area contributed by atoms with E-state index in [0.29, 0.717) is 11.5 Å². The second-order valence-corrected chi connectivity index (χ2v) is 8.32. The van der Waals surface area contributed by atoms with Gasteiger partial charge in [0.1, 0.15) is 17.5 Å². The van der Waals surface area contributed by atoms with Gasteiger partial charge in [0.05, 0.1) is 10.9 Å². The van der Waals surface area contributed by atoms with E-state index in [0.717, 1.165) is 44.2 Å². The van der Waals surface area contributed by atoms with Crippen molar-refractivity contribution < 1.29 is 22.7 Å². The number of rotatable bonds is 4. The largest absolute Gasteiger partial charge is 0.505 e. The fourth-order valence-electron chi connectivity index (χ4n) is 4.80. The molecule has 0 amide bonds. The lowest BCUT2D eigenvalue weighted by atomic mass is 9.77. The summed E-state index contributed by atoms with van der Waals surface area (Å²) in [7, 11) is 0. The minimum atomic E-state index is -1.09. The monoisotopic (exact) mass is 416 g/mol. The van der Waals surface area contributed by atoms with Crippen LogP contribution in [0.25, 0.3) is 21.9 Å². The molecule has 4 rings (SSSR count). The van der Waals surface area contributed by atoms with Crippen molar-refractivity contribution in [2.75, 3.05) is 0 Å². The Morgan fingerprint density at radius 1 is 0.867 bits per heavy atom. The third kappa shape index (κ3) is 3.78. The quantitative estimate of drug-likeness (QED) is 0.430. The molecular weight excluding hydrogens is 392 g/mol. The van der Waals surface area contributed by atoms with Crippen LogP contribution >= 0.6 is 0 Å². The predicted molar refractivity (Wildman–Crippen MR) is 110 cm³/mol. The van der Waals surface area contributed by atoms with Crippen LogP contribution in [0.1, 0.15) is 56.9 Å². The summed E-state index contributed by atoms with van der Waals surface area (Å²) in [6, 6.07) is 7.34. The number of phenolic OH excluding ortho intramolecular Hbond substituents is 1. The average Bonchev–Trinajstić information content (AvgIpc) is 2.71. The molecule has 1 aliphatic carbocycles. The molecule has 0 radical (unpaired) electrons. The summed E-state index contributed by atoms with van der Waals surface area (Å²) in [5.41, 5.74) is 0.312. The van der Waals surface area contributed by atoms with Crippen LogP contribution in [-0.2, 0) is 0 Å². The Morgan fingerprint density at radius 3 is 2.17 bits per heavy atom. The minimum Gasteiger partial charge on any atom is -0.505 e. The highest BCUT2D eigenvalue weighted by molar-refractivity contribution is 5.89. The lowest BCUT2D eigenvalue weighted by molar-refractivity contribution is 0.307. The van der Waals surface area contributed by atoms with Crippen LogP contribution in [0.4, 0.5) is 17.6 Å². The Balaban J connectivity index is 1.68. The van der Waals surface area contributed by atoms with Crippen LogP contribution in [0.5, 0.6) is 5.75 Å². The first-order valence-electron chi connectivity index (χ1n) is 10.5. The van der Waals surface area contributed by atoms with Crippen LogP contribution in [-0.4, -0.2) is 5.11 Å². The maximum atomic E-state index is 14.9. The topological polar surface area (TPSA) is 20.2 Å².